The third-order valence-electron chi connectivity index (χ3n) is 4.51. The SMILES string of the molecule is O=c1ccc2cccc(/C=C/c3ccc4c(c3)CCCC4)c2o1. The topological polar surface area (TPSA) is 30.2 Å². The highest BCUT2D eigenvalue weighted by Crippen LogP contribution is 2.24. The van der Waals surface area contributed by atoms with E-state index >= 15 is 0 Å². The van der Waals surface area contributed by atoms with Crippen molar-refractivity contribution in [2.75, 3.05) is 0 Å². The average Bonchev–Trinajstić information content (AvgIpc) is 2.59. The largest absolute Gasteiger partial charge is 0.422 e. The summed E-state index contributed by atoms with van der Waals surface area (Å²) < 4.78 is 5.36. The first-order chi connectivity index (χ1) is 11.3. The van der Waals surface area contributed by atoms with E-state index in [1.54, 1.807) is 6.07 Å². The van der Waals surface area contributed by atoms with E-state index < -0.39 is 0 Å². The van der Waals surface area contributed by atoms with Crippen molar-refractivity contribution in [1.29, 1.82) is 0 Å². The molecule has 1 aliphatic carbocycles. The van der Waals surface area contributed by atoms with E-state index in [-0.39, 0.29) is 5.63 Å². The summed E-state index contributed by atoms with van der Waals surface area (Å²) in [4.78, 5) is 11.5. The summed E-state index contributed by atoms with van der Waals surface area (Å²) in [7, 11) is 0. The molecule has 1 aromatic heterocycles. The highest BCUT2D eigenvalue weighted by atomic mass is 16.4. The van der Waals surface area contributed by atoms with Gasteiger partial charge in [-0.2, -0.15) is 0 Å². The van der Waals surface area contributed by atoms with Crippen molar-refractivity contribution in [2.24, 2.45) is 0 Å². The third-order valence-corrected chi connectivity index (χ3v) is 4.51. The van der Waals surface area contributed by atoms with Gasteiger partial charge < -0.3 is 4.42 Å². The lowest BCUT2D eigenvalue weighted by Crippen LogP contribution is -2.02. The zero-order valence-electron chi connectivity index (χ0n) is 12.9. The van der Waals surface area contributed by atoms with Gasteiger partial charge in [-0.05, 0) is 48.4 Å². The van der Waals surface area contributed by atoms with Crippen LogP contribution in [0.15, 0.2) is 57.7 Å². The average molecular weight is 302 g/mol. The molecular formula is C21H18O2. The lowest BCUT2D eigenvalue weighted by molar-refractivity contribution is 0.560. The van der Waals surface area contributed by atoms with Crippen LogP contribution in [-0.4, -0.2) is 0 Å². The molecular weight excluding hydrogens is 284 g/mol. The van der Waals surface area contributed by atoms with Gasteiger partial charge in [-0.15, -0.1) is 0 Å². The molecule has 0 saturated carbocycles. The molecule has 0 bridgehead atoms. The zero-order chi connectivity index (χ0) is 15.6. The predicted molar refractivity (Wildman–Crippen MR) is 94.5 cm³/mol. The third kappa shape index (κ3) is 2.85. The second-order valence-corrected chi connectivity index (χ2v) is 6.09. The van der Waals surface area contributed by atoms with Crippen molar-refractivity contribution in [3.63, 3.8) is 0 Å². The van der Waals surface area contributed by atoms with E-state index in [0.29, 0.717) is 5.58 Å². The van der Waals surface area contributed by atoms with Crippen molar-refractivity contribution in [1.82, 2.24) is 0 Å². The molecule has 0 unspecified atom stereocenters. The molecule has 23 heavy (non-hydrogen) atoms. The number of benzene rings is 2. The predicted octanol–water partition coefficient (Wildman–Crippen LogP) is 4.84. The van der Waals surface area contributed by atoms with Crippen LogP contribution in [0.25, 0.3) is 23.1 Å². The fraction of sp³-hybridized carbons (Fsp3) is 0.190. The van der Waals surface area contributed by atoms with Gasteiger partial charge in [-0.1, -0.05) is 48.6 Å². The Labute approximate surface area is 135 Å². The van der Waals surface area contributed by atoms with Crippen LogP contribution in [0.1, 0.15) is 35.1 Å². The molecule has 114 valence electrons. The molecule has 0 saturated heterocycles. The second kappa shape index (κ2) is 5.88. The minimum atomic E-state index is -0.313. The van der Waals surface area contributed by atoms with E-state index in [4.69, 9.17) is 4.42 Å². The molecule has 0 radical (unpaired) electrons. The van der Waals surface area contributed by atoms with Crippen LogP contribution in [0.5, 0.6) is 0 Å². The number of hydrogen-bond acceptors (Lipinski definition) is 2. The molecule has 0 fully saturated rings. The summed E-state index contributed by atoms with van der Waals surface area (Å²) in [5.41, 5.74) is 5.42. The Hall–Kier alpha value is -2.61. The van der Waals surface area contributed by atoms with E-state index in [2.05, 4.69) is 24.3 Å². The summed E-state index contributed by atoms with van der Waals surface area (Å²) in [5.74, 6) is 0. The first-order valence-corrected chi connectivity index (χ1v) is 8.12. The molecule has 0 aliphatic heterocycles. The van der Waals surface area contributed by atoms with Crippen molar-refractivity contribution in [2.45, 2.75) is 25.7 Å². The Morgan fingerprint density at radius 1 is 0.870 bits per heavy atom. The summed E-state index contributed by atoms with van der Waals surface area (Å²) >= 11 is 0. The van der Waals surface area contributed by atoms with Crippen LogP contribution in [-0.2, 0) is 12.8 Å². The number of para-hydroxylation sites is 1. The highest BCUT2D eigenvalue weighted by molar-refractivity contribution is 5.88. The van der Waals surface area contributed by atoms with E-state index in [1.165, 1.54) is 48.4 Å². The van der Waals surface area contributed by atoms with Crippen molar-refractivity contribution in [3.8, 4) is 0 Å². The molecule has 1 heterocycles. The van der Waals surface area contributed by atoms with Gasteiger partial charge in [0.15, 0.2) is 0 Å². The van der Waals surface area contributed by atoms with Crippen LogP contribution >= 0.6 is 0 Å². The number of hydrogen-bond donors (Lipinski definition) is 0. The van der Waals surface area contributed by atoms with Gasteiger partial charge in [0.25, 0.3) is 0 Å². The van der Waals surface area contributed by atoms with Gasteiger partial charge in [0.2, 0.25) is 0 Å². The first-order valence-electron chi connectivity index (χ1n) is 8.12. The standard InChI is InChI=1S/C21H18O2/c22-20-13-12-18-7-3-6-17(21(18)23-20)11-9-15-8-10-16-4-1-2-5-19(16)14-15/h3,6-14H,1-2,4-5H2/b11-9+. The highest BCUT2D eigenvalue weighted by Gasteiger charge is 2.08. The molecule has 4 rings (SSSR count). The maximum Gasteiger partial charge on any atom is 0.336 e. The van der Waals surface area contributed by atoms with Crippen LogP contribution in [0.4, 0.5) is 0 Å². The van der Waals surface area contributed by atoms with E-state index in [9.17, 15) is 4.79 Å². The molecule has 2 heteroatoms. The Morgan fingerprint density at radius 3 is 2.65 bits per heavy atom. The number of rotatable bonds is 2. The Morgan fingerprint density at radius 2 is 1.74 bits per heavy atom. The van der Waals surface area contributed by atoms with Gasteiger partial charge in [0, 0.05) is 17.0 Å². The Bertz CT molecular complexity index is 947. The zero-order valence-corrected chi connectivity index (χ0v) is 12.9. The molecule has 2 nitrogen and oxygen atoms in total. The van der Waals surface area contributed by atoms with Crippen molar-refractivity contribution < 1.29 is 4.42 Å². The maximum absolute atomic E-state index is 11.5. The Balaban J connectivity index is 1.71. The molecule has 3 aromatic rings. The second-order valence-electron chi connectivity index (χ2n) is 6.09. The van der Waals surface area contributed by atoms with Gasteiger partial charge in [-0.3, -0.25) is 0 Å². The van der Waals surface area contributed by atoms with Crippen LogP contribution in [0.2, 0.25) is 0 Å². The van der Waals surface area contributed by atoms with Gasteiger partial charge >= 0.3 is 5.63 Å². The van der Waals surface area contributed by atoms with Crippen LogP contribution in [0, 0.1) is 0 Å². The van der Waals surface area contributed by atoms with Gasteiger partial charge in [-0.25, -0.2) is 4.79 Å². The lowest BCUT2D eigenvalue weighted by Gasteiger charge is -2.15. The monoisotopic (exact) mass is 302 g/mol. The fourth-order valence-corrected chi connectivity index (χ4v) is 3.29. The van der Waals surface area contributed by atoms with E-state index in [1.807, 2.05) is 24.3 Å². The summed E-state index contributed by atoms with van der Waals surface area (Å²) in [6.45, 7) is 0. The number of aryl methyl sites for hydroxylation is 2. The normalized spacial score (nSPS) is 14.3. The quantitative estimate of drug-likeness (QED) is 0.501. The van der Waals surface area contributed by atoms with E-state index in [0.717, 1.165) is 10.9 Å². The molecule has 1 aliphatic rings. The summed E-state index contributed by atoms with van der Waals surface area (Å²) in [6, 6.07) is 15.9. The molecule has 0 N–H and O–H groups in total. The van der Waals surface area contributed by atoms with Crippen LogP contribution in [0.3, 0.4) is 0 Å². The summed E-state index contributed by atoms with van der Waals surface area (Å²) in [5, 5.41) is 0.942. The molecule has 0 amide bonds. The fourth-order valence-electron chi connectivity index (χ4n) is 3.29. The molecule has 2 aromatic carbocycles. The minimum Gasteiger partial charge on any atom is -0.422 e. The molecule has 0 spiro atoms. The number of fused-ring (bicyclic) bond motifs is 2. The first kappa shape index (κ1) is 14.0. The van der Waals surface area contributed by atoms with Crippen LogP contribution < -0.4 is 5.63 Å². The van der Waals surface area contributed by atoms with Crippen molar-refractivity contribution >= 4 is 23.1 Å². The Kier molecular flexibility index (Phi) is 3.58. The smallest absolute Gasteiger partial charge is 0.336 e. The minimum absolute atomic E-state index is 0.313. The maximum atomic E-state index is 11.5. The summed E-state index contributed by atoms with van der Waals surface area (Å²) in [6.07, 6.45) is 9.09. The lowest BCUT2D eigenvalue weighted by atomic mass is 9.90. The van der Waals surface area contributed by atoms with Crippen molar-refractivity contribution in [3.05, 3.63) is 81.2 Å². The van der Waals surface area contributed by atoms with Gasteiger partial charge in [0.05, 0.1) is 0 Å². The van der Waals surface area contributed by atoms with Gasteiger partial charge in [0.1, 0.15) is 5.58 Å². The molecule has 0 atom stereocenters.